The molecule has 0 fully saturated rings. The number of hydrogen-bond donors (Lipinski definition) is 1. The van der Waals surface area contributed by atoms with E-state index in [1.165, 1.54) is 28.2 Å². The zero-order valence-electron chi connectivity index (χ0n) is 10.3. The fraction of sp³-hybridized carbons (Fsp3) is 0.250. The molecule has 2 heteroatoms. The molecule has 1 nitrogen and oxygen atoms in total. The number of nitrogens with two attached hydrogens (primary N) is 1. The fourth-order valence-electron chi connectivity index (χ4n) is 2.47. The lowest BCUT2D eigenvalue weighted by atomic mass is 9.79. The average Bonchev–Trinajstić information content (AvgIpc) is 2.40. The Hall–Kier alpha value is -1.25. The van der Waals surface area contributed by atoms with Crippen LogP contribution in [-0.4, -0.2) is 5.75 Å². The standard InChI is InChI=1S/C16H17NS/c17-10-12-4-3-6-15(8-12)18-11-14-9-13-5-1-2-7-16(13)14/h1-8,14H,9-11,17H2. The summed E-state index contributed by atoms with van der Waals surface area (Å²) in [7, 11) is 0. The molecule has 18 heavy (non-hydrogen) atoms. The maximum Gasteiger partial charge on any atom is 0.0178 e. The Bertz CT molecular complexity index is 550. The van der Waals surface area contributed by atoms with Crippen molar-refractivity contribution >= 4 is 11.8 Å². The molecule has 2 N–H and O–H groups in total. The van der Waals surface area contributed by atoms with Crippen molar-refractivity contribution in [2.45, 2.75) is 23.8 Å². The van der Waals surface area contributed by atoms with Gasteiger partial charge in [-0.15, -0.1) is 11.8 Å². The number of fused-ring (bicyclic) bond motifs is 1. The minimum Gasteiger partial charge on any atom is -0.326 e. The Kier molecular flexibility index (Phi) is 3.39. The molecule has 0 radical (unpaired) electrons. The molecule has 1 atom stereocenters. The van der Waals surface area contributed by atoms with Crippen molar-refractivity contribution in [3.05, 3.63) is 65.2 Å². The summed E-state index contributed by atoms with van der Waals surface area (Å²) in [5.41, 5.74) is 9.95. The molecular formula is C16H17NS. The van der Waals surface area contributed by atoms with E-state index >= 15 is 0 Å². The Morgan fingerprint density at radius 1 is 1.11 bits per heavy atom. The van der Waals surface area contributed by atoms with Gasteiger partial charge in [0.1, 0.15) is 0 Å². The zero-order chi connectivity index (χ0) is 12.4. The van der Waals surface area contributed by atoms with Crippen molar-refractivity contribution in [1.29, 1.82) is 0 Å². The van der Waals surface area contributed by atoms with Crippen molar-refractivity contribution < 1.29 is 0 Å². The Morgan fingerprint density at radius 3 is 2.83 bits per heavy atom. The maximum absolute atomic E-state index is 5.67. The smallest absolute Gasteiger partial charge is 0.0178 e. The van der Waals surface area contributed by atoms with Gasteiger partial charge in [-0.3, -0.25) is 0 Å². The Balaban J connectivity index is 1.63. The topological polar surface area (TPSA) is 26.0 Å². The highest BCUT2D eigenvalue weighted by Crippen LogP contribution is 2.38. The monoisotopic (exact) mass is 255 g/mol. The predicted octanol–water partition coefficient (Wildman–Crippen LogP) is 3.58. The summed E-state index contributed by atoms with van der Waals surface area (Å²) in [6.07, 6.45) is 1.24. The fourth-order valence-corrected chi connectivity index (χ4v) is 3.57. The third kappa shape index (κ3) is 2.31. The largest absolute Gasteiger partial charge is 0.326 e. The molecule has 3 rings (SSSR count). The molecular weight excluding hydrogens is 238 g/mol. The van der Waals surface area contributed by atoms with Crippen LogP contribution in [0.3, 0.4) is 0 Å². The minimum atomic E-state index is 0.626. The minimum absolute atomic E-state index is 0.626. The first-order valence-corrected chi connectivity index (χ1v) is 7.35. The molecule has 0 spiro atoms. The quantitative estimate of drug-likeness (QED) is 0.845. The van der Waals surface area contributed by atoms with Gasteiger partial charge in [0.15, 0.2) is 0 Å². The van der Waals surface area contributed by atoms with Crippen LogP contribution in [0.25, 0.3) is 0 Å². The molecule has 0 saturated heterocycles. The van der Waals surface area contributed by atoms with Gasteiger partial charge < -0.3 is 5.73 Å². The maximum atomic E-state index is 5.67. The van der Waals surface area contributed by atoms with E-state index in [1.807, 2.05) is 11.8 Å². The average molecular weight is 255 g/mol. The van der Waals surface area contributed by atoms with Gasteiger partial charge in [0.25, 0.3) is 0 Å². The number of benzene rings is 2. The first-order valence-electron chi connectivity index (χ1n) is 6.36. The highest BCUT2D eigenvalue weighted by Gasteiger charge is 2.24. The number of hydrogen-bond acceptors (Lipinski definition) is 2. The summed E-state index contributed by atoms with van der Waals surface area (Å²) in [6, 6.07) is 17.3. The van der Waals surface area contributed by atoms with Crippen molar-refractivity contribution in [3.8, 4) is 0 Å². The van der Waals surface area contributed by atoms with E-state index < -0.39 is 0 Å². The second-order valence-corrected chi connectivity index (χ2v) is 5.86. The summed E-state index contributed by atoms with van der Waals surface area (Å²) in [6.45, 7) is 0.626. The summed E-state index contributed by atoms with van der Waals surface area (Å²) < 4.78 is 0. The molecule has 92 valence electrons. The van der Waals surface area contributed by atoms with Crippen LogP contribution < -0.4 is 5.73 Å². The van der Waals surface area contributed by atoms with Crippen molar-refractivity contribution in [1.82, 2.24) is 0 Å². The van der Waals surface area contributed by atoms with Crippen LogP contribution in [0.4, 0.5) is 0 Å². The second-order valence-electron chi connectivity index (χ2n) is 4.76. The normalized spacial score (nSPS) is 17.1. The van der Waals surface area contributed by atoms with Crippen LogP contribution >= 0.6 is 11.8 Å². The lowest BCUT2D eigenvalue weighted by Gasteiger charge is -2.29. The highest BCUT2D eigenvalue weighted by molar-refractivity contribution is 7.99. The van der Waals surface area contributed by atoms with E-state index in [4.69, 9.17) is 5.73 Å². The van der Waals surface area contributed by atoms with Crippen LogP contribution in [0.5, 0.6) is 0 Å². The Morgan fingerprint density at radius 2 is 2.00 bits per heavy atom. The lowest BCUT2D eigenvalue weighted by molar-refractivity contribution is 0.677. The second kappa shape index (κ2) is 5.17. The molecule has 0 aromatic heterocycles. The van der Waals surface area contributed by atoms with E-state index in [2.05, 4.69) is 48.5 Å². The first kappa shape index (κ1) is 11.8. The van der Waals surface area contributed by atoms with Gasteiger partial charge in [-0.05, 0) is 41.2 Å². The summed E-state index contributed by atoms with van der Waals surface area (Å²) in [5.74, 6) is 1.90. The van der Waals surface area contributed by atoms with E-state index in [1.54, 1.807) is 5.56 Å². The van der Waals surface area contributed by atoms with Gasteiger partial charge in [-0.25, -0.2) is 0 Å². The number of thioether (sulfide) groups is 1. The van der Waals surface area contributed by atoms with Gasteiger partial charge in [0.2, 0.25) is 0 Å². The molecule has 0 bridgehead atoms. The van der Waals surface area contributed by atoms with Crippen LogP contribution in [0.15, 0.2) is 53.4 Å². The molecule has 0 amide bonds. The predicted molar refractivity (Wildman–Crippen MR) is 77.9 cm³/mol. The summed E-state index contributed by atoms with van der Waals surface area (Å²) >= 11 is 1.94. The SMILES string of the molecule is NCc1cccc(SCC2Cc3ccccc32)c1. The van der Waals surface area contributed by atoms with Gasteiger partial charge in [-0.2, -0.15) is 0 Å². The van der Waals surface area contributed by atoms with Crippen LogP contribution in [0.2, 0.25) is 0 Å². The third-order valence-corrected chi connectivity index (χ3v) is 4.70. The molecule has 0 aliphatic heterocycles. The Labute approximate surface area is 112 Å². The first-order chi connectivity index (χ1) is 8.86. The molecule has 1 aliphatic rings. The molecule has 0 saturated carbocycles. The van der Waals surface area contributed by atoms with Crippen molar-refractivity contribution in [2.75, 3.05) is 5.75 Å². The van der Waals surface area contributed by atoms with E-state index in [-0.39, 0.29) is 0 Å². The van der Waals surface area contributed by atoms with Gasteiger partial charge in [-0.1, -0.05) is 36.4 Å². The lowest BCUT2D eigenvalue weighted by Crippen LogP contribution is -2.18. The highest BCUT2D eigenvalue weighted by atomic mass is 32.2. The van der Waals surface area contributed by atoms with Crippen LogP contribution in [0, 0.1) is 0 Å². The van der Waals surface area contributed by atoms with E-state index in [0.717, 1.165) is 5.92 Å². The van der Waals surface area contributed by atoms with E-state index in [0.29, 0.717) is 6.54 Å². The summed E-state index contributed by atoms with van der Waals surface area (Å²) in [5, 5.41) is 0. The van der Waals surface area contributed by atoms with Gasteiger partial charge in [0, 0.05) is 17.2 Å². The summed E-state index contributed by atoms with van der Waals surface area (Å²) in [4.78, 5) is 1.34. The molecule has 1 aliphatic carbocycles. The van der Waals surface area contributed by atoms with Crippen molar-refractivity contribution in [2.24, 2.45) is 5.73 Å². The third-order valence-electron chi connectivity index (χ3n) is 3.55. The van der Waals surface area contributed by atoms with E-state index in [9.17, 15) is 0 Å². The van der Waals surface area contributed by atoms with Gasteiger partial charge >= 0.3 is 0 Å². The van der Waals surface area contributed by atoms with Gasteiger partial charge in [0.05, 0.1) is 0 Å². The number of rotatable bonds is 4. The molecule has 2 aromatic carbocycles. The van der Waals surface area contributed by atoms with Crippen molar-refractivity contribution in [3.63, 3.8) is 0 Å². The molecule has 1 unspecified atom stereocenters. The molecule has 0 heterocycles. The van der Waals surface area contributed by atoms with Crippen LogP contribution in [0.1, 0.15) is 22.6 Å². The molecule has 2 aromatic rings. The zero-order valence-corrected chi connectivity index (χ0v) is 11.1. The van der Waals surface area contributed by atoms with Crippen LogP contribution in [-0.2, 0) is 13.0 Å².